The second-order valence-corrected chi connectivity index (χ2v) is 6.35. The van der Waals surface area contributed by atoms with E-state index in [1.807, 2.05) is 36.1 Å². The van der Waals surface area contributed by atoms with Crippen LogP contribution >= 0.6 is 11.6 Å². The molecule has 0 aromatic heterocycles. The number of ether oxygens (including phenoxy) is 1. The number of benzene rings is 1. The average Bonchev–Trinajstić information content (AvgIpc) is 3.28. The van der Waals surface area contributed by atoms with Gasteiger partial charge in [0.15, 0.2) is 0 Å². The highest BCUT2D eigenvalue weighted by molar-refractivity contribution is 6.31. The largest absolute Gasteiger partial charge is 0.394 e. The smallest absolute Gasteiger partial charge is 0.226 e. The average molecular weight is 310 g/mol. The molecule has 2 fully saturated rings. The molecule has 0 bridgehead atoms. The van der Waals surface area contributed by atoms with Crippen LogP contribution in [-0.2, 0) is 9.53 Å². The number of carbonyl (C=O) groups excluding carboxylic acids is 1. The van der Waals surface area contributed by atoms with E-state index in [0.29, 0.717) is 13.2 Å². The second kappa shape index (κ2) is 5.95. The van der Waals surface area contributed by atoms with Crippen LogP contribution in [0.15, 0.2) is 24.3 Å². The summed E-state index contributed by atoms with van der Waals surface area (Å²) in [6, 6.07) is 7.80. The summed E-state index contributed by atoms with van der Waals surface area (Å²) in [4.78, 5) is 14.5. The predicted molar refractivity (Wildman–Crippen MR) is 80.3 cm³/mol. The van der Waals surface area contributed by atoms with E-state index in [4.69, 9.17) is 16.3 Å². The van der Waals surface area contributed by atoms with Crippen molar-refractivity contribution in [3.8, 4) is 0 Å². The normalized spacial score (nSPS) is 32.0. The minimum absolute atomic E-state index is 0.0183. The summed E-state index contributed by atoms with van der Waals surface area (Å²) >= 11 is 6.21. The van der Waals surface area contributed by atoms with E-state index in [9.17, 15) is 9.90 Å². The Morgan fingerprint density at radius 3 is 2.95 bits per heavy atom. The first kappa shape index (κ1) is 14.8. The Morgan fingerprint density at radius 2 is 2.24 bits per heavy atom. The molecule has 4 unspecified atom stereocenters. The fraction of sp³-hybridized carbons (Fsp3) is 0.562. The summed E-state index contributed by atoms with van der Waals surface area (Å²) in [5, 5.41) is 9.95. The molecule has 0 spiro atoms. The number of morpholine rings is 1. The lowest BCUT2D eigenvalue weighted by atomic mass is 10.1. The van der Waals surface area contributed by atoms with Crippen molar-refractivity contribution in [2.24, 2.45) is 5.92 Å². The van der Waals surface area contributed by atoms with Gasteiger partial charge in [0.05, 0.1) is 25.4 Å². The van der Waals surface area contributed by atoms with Gasteiger partial charge in [-0.15, -0.1) is 0 Å². The fourth-order valence-electron chi connectivity index (χ4n) is 3.04. The Hall–Kier alpha value is -1.10. The Kier molecular flexibility index (Phi) is 4.20. The standard InChI is InChI=1S/C16H20ClNO3/c1-10-9-21-11(8-19)7-18(10)16(20)14-6-13(14)12-4-2-3-5-15(12)17/h2-5,10-11,13-14,19H,6-9H2,1H3. The van der Waals surface area contributed by atoms with Crippen molar-refractivity contribution in [1.29, 1.82) is 0 Å². The van der Waals surface area contributed by atoms with Crippen molar-refractivity contribution >= 4 is 17.5 Å². The highest BCUT2D eigenvalue weighted by Crippen LogP contribution is 2.50. The second-order valence-electron chi connectivity index (χ2n) is 5.95. The van der Waals surface area contributed by atoms with E-state index in [-0.39, 0.29) is 36.5 Å². The maximum atomic E-state index is 12.7. The van der Waals surface area contributed by atoms with E-state index in [1.54, 1.807) is 0 Å². The van der Waals surface area contributed by atoms with Gasteiger partial charge >= 0.3 is 0 Å². The fourth-order valence-corrected chi connectivity index (χ4v) is 3.31. The Morgan fingerprint density at radius 1 is 1.48 bits per heavy atom. The molecule has 1 aliphatic carbocycles. The number of hydrogen-bond acceptors (Lipinski definition) is 3. The minimum Gasteiger partial charge on any atom is -0.394 e. The third kappa shape index (κ3) is 2.93. The van der Waals surface area contributed by atoms with Gasteiger partial charge in [-0.25, -0.2) is 0 Å². The van der Waals surface area contributed by atoms with Crippen molar-refractivity contribution in [3.63, 3.8) is 0 Å². The highest BCUT2D eigenvalue weighted by atomic mass is 35.5. The van der Waals surface area contributed by atoms with Crippen LogP contribution < -0.4 is 0 Å². The first-order chi connectivity index (χ1) is 10.1. The van der Waals surface area contributed by atoms with E-state index in [1.165, 1.54) is 0 Å². The number of aliphatic hydroxyl groups is 1. The van der Waals surface area contributed by atoms with Crippen molar-refractivity contribution in [3.05, 3.63) is 34.9 Å². The van der Waals surface area contributed by atoms with Crippen molar-refractivity contribution in [1.82, 2.24) is 4.90 Å². The molecule has 1 aromatic carbocycles. The predicted octanol–water partition coefficient (Wildman–Crippen LogP) is 2.05. The lowest BCUT2D eigenvalue weighted by Gasteiger charge is -2.37. The van der Waals surface area contributed by atoms with Gasteiger partial charge in [-0.05, 0) is 30.9 Å². The molecule has 0 radical (unpaired) electrons. The number of amides is 1. The molecular formula is C16H20ClNO3. The monoisotopic (exact) mass is 309 g/mol. The summed E-state index contributed by atoms with van der Waals surface area (Å²) in [6.45, 7) is 2.90. The zero-order chi connectivity index (χ0) is 15.0. The molecule has 1 aromatic rings. The third-order valence-corrected chi connectivity index (χ3v) is 4.75. The zero-order valence-electron chi connectivity index (χ0n) is 12.0. The van der Waals surface area contributed by atoms with Crippen LogP contribution in [0.1, 0.15) is 24.8 Å². The van der Waals surface area contributed by atoms with Crippen LogP contribution in [-0.4, -0.2) is 47.8 Å². The summed E-state index contributed by atoms with van der Waals surface area (Å²) < 4.78 is 5.49. The van der Waals surface area contributed by atoms with Crippen molar-refractivity contribution in [2.45, 2.75) is 31.4 Å². The number of nitrogens with zero attached hydrogens (tertiary/aromatic N) is 1. The van der Waals surface area contributed by atoms with Gasteiger partial charge in [-0.3, -0.25) is 4.79 Å². The number of aliphatic hydroxyl groups excluding tert-OH is 1. The highest BCUT2D eigenvalue weighted by Gasteiger charge is 2.48. The molecule has 4 nitrogen and oxygen atoms in total. The van der Waals surface area contributed by atoms with E-state index in [0.717, 1.165) is 17.0 Å². The molecule has 1 aliphatic heterocycles. The number of carbonyl (C=O) groups is 1. The number of hydrogen-bond donors (Lipinski definition) is 1. The van der Waals surface area contributed by atoms with E-state index >= 15 is 0 Å². The maximum Gasteiger partial charge on any atom is 0.226 e. The van der Waals surface area contributed by atoms with Gasteiger partial charge in [-0.2, -0.15) is 0 Å². The topological polar surface area (TPSA) is 49.8 Å². The zero-order valence-corrected chi connectivity index (χ0v) is 12.8. The van der Waals surface area contributed by atoms with Crippen LogP contribution in [0.3, 0.4) is 0 Å². The summed E-state index contributed by atoms with van der Waals surface area (Å²) in [5.41, 5.74) is 1.07. The Bertz CT molecular complexity index is 536. The Labute approximate surface area is 129 Å². The Balaban J connectivity index is 1.68. The van der Waals surface area contributed by atoms with Gasteiger partial charge in [0.1, 0.15) is 0 Å². The molecule has 1 saturated carbocycles. The van der Waals surface area contributed by atoms with Crippen molar-refractivity contribution < 1.29 is 14.6 Å². The summed E-state index contributed by atoms with van der Waals surface area (Å²) in [5.74, 6) is 0.410. The molecular weight excluding hydrogens is 290 g/mol. The quantitative estimate of drug-likeness (QED) is 0.929. The van der Waals surface area contributed by atoms with Gasteiger partial charge < -0.3 is 14.7 Å². The summed E-state index contributed by atoms with van der Waals surface area (Å²) in [7, 11) is 0. The van der Waals surface area contributed by atoms with Crippen LogP contribution in [0, 0.1) is 5.92 Å². The SMILES string of the molecule is CC1COC(CO)CN1C(=O)C1CC1c1ccccc1Cl. The molecule has 114 valence electrons. The van der Waals surface area contributed by atoms with E-state index in [2.05, 4.69) is 0 Å². The molecule has 4 atom stereocenters. The molecule has 3 rings (SSSR count). The number of halogens is 1. The molecule has 2 aliphatic rings. The van der Waals surface area contributed by atoms with Crippen LogP contribution in [0.5, 0.6) is 0 Å². The molecule has 1 amide bonds. The summed E-state index contributed by atoms with van der Waals surface area (Å²) in [6.07, 6.45) is 0.596. The van der Waals surface area contributed by atoms with Crippen LogP contribution in [0.2, 0.25) is 5.02 Å². The van der Waals surface area contributed by atoms with Gasteiger partial charge in [0.2, 0.25) is 5.91 Å². The third-order valence-electron chi connectivity index (χ3n) is 4.40. The lowest BCUT2D eigenvalue weighted by molar-refractivity contribution is -0.147. The first-order valence-electron chi connectivity index (χ1n) is 7.39. The maximum absolute atomic E-state index is 12.7. The van der Waals surface area contributed by atoms with Crippen LogP contribution in [0.25, 0.3) is 0 Å². The lowest BCUT2D eigenvalue weighted by Crippen LogP contribution is -2.52. The molecule has 21 heavy (non-hydrogen) atoms. The molecule has 5 heteroatoms. The van der Waals surface area contributed by atoms with Gasteiger partial charge in [-0.1, -0.05) is 29.8 Å². The van der Waals surface area contributed by atoms with Crippen molar-refractivity contribution in [2.75, 3.05) is 19.8 Å². The van der Waals surface area contributed by atoms with Gasteiger partial charge in [0, 0.05) is 17.5 Å². The molecule has 1 heterocycles. The van der Waals surface area contributed by atoms with E-state index < -0.39 is 0 Å². The number of rotatable bonds is 3. The van der Waals surface area contributed by atoms with Gasteiger partial charge in [0.25, 0.3) is 0 Å². The minimum atomic E-state index is -0.261. The molecule has 1 N–H and O–H groups in total. The molecule has 1 saturated heterocycles. The first-order valence-corrected chi connectivity index (χ1v) is 7.77. The van der Waals surface area contributed by atoms with Crippen LogP contribution in [0.4, 0.5) is 0 Å².